The lowest BCUT2D eigenvalue weighted by molar-refractivity contribution is 0.531. The van der Waals surface area contributed by atoms with Gasteiger partial charge < -0.3 is 10.6 Å². The van der Waals surface area contributed by atoms with Crippen LogP contribution in [-0.2, 0) is 13.0 Å². The number of hydrogen-bond acceptors (Lipinski definition) is 2. The number of anilines is 1. The Morgan fingerprint density at radius 3 is 2.53 bits per heavy atom. The summed E-state index contributed by atoms with van der Waals surface area (Å²) in [6, 6.07) is 19.8. The number of rotatable bonds is 3. The summed E-state index contributed by atoms with van der Waals surface area (Å²) in [5.41, 5.74) is 10.1. The van der Waals surface area contributed by atoms with Crippen LogP contribution in [0.3, 0.4) is 0 Å². The van der Waals surface area contributed by atoms with Crippen LogP contribution < -0.4 is 10.6 Å². The second-order valence-corrected chi connectivity index (χ2v) is 5.17. The van der Waals surface area contributed by atoms with Crippen LogP contribution in [0.5, 0.6) is 0 Å². The summed E-state index contributed by atoms with van der Waals surface area (Å²) in [6.45, 7) is 1.67. The summed E-state index contributed by atoms with van der Waals surface area (Å²) < 4.78 is 0. The van der Waals surface area contributed by atoms with Gasteiger partial charge in [-0.3, -0.25) is 0 Å². The molecule has 1 aliphatic heterocycles. The molecule has 1 unspecified atom stereocenters. The highest BCUT2D eigenvalue weighted by Gasteiger charge is 2.24. The van der Waals surface area contributed by atoms with E-state index in [1.54, 1.807) is 0 Å². The fourth-order valence-electron chi connectivity index (χ4n) is 2.92. The van der Waals surface area contributed by atoms with E-state index in [1.165, 1.54) is 16.8 Å². The average molecular weight is 252 g/mol. The number of para-hydroxylation sites is 1. The monoisotopic (exact) mass is 252 g/mol. The van der Waals surface area contributed by atoms with Crippen LogP contribution in [-0.4, -0.2) is 12.6 Å². The highest BCUT2D eigenvalue weighted by Crippen LogP contribution is 2.31. The molecule has 0 saturated carbocycles. The molecule has 0 spiro atoms. The van der Waals surface area contributed by atoms with E-state index >= 15 is 0 Å². The van der Waals surface area contributed by atoms with Crippen molar-refractivity contribution in [3.05, 3.63) is 65.7 Å². The second-order valence-electron chi connectivity index (χ2n) is 5.17. The molecular weight excluding hydrogens is 232 g/mol. The SMILES string of the molecule is NCC1CCc2ccccc2N1Cc1ccccc1. The van der Waals surface area contributed by atoms with Gasteiger partial charge in [-0.1, -0.05) is 48.5 Å². The number of hydrogen-bond donors (Lipinski definition) is 1. The largest absolute Gasteiger partial charge is 0.363 e. The van der Waals surface area contributed by atoms with Crippen LogP contribution in [0.1, 0.15) is 17.5 Å². The molecule has 0 saturated heterocycles. The third-order valence-electron chi connectivity index (χ3n) is 3.96. The van der Waals surface area contributed by atoms with E-state index in [9.17, 15) is 0 Å². The highest BCUT2D eigenvalue weighted by molar-refractivity contribution is 5.56. The van der Waals surface area contributed by atoms with Crippen molar-refractivity contribution in [1.29, 1.82) is 0 Å². The van der Waals surface area contributed by atoms with Crippen LogP contribution in [0.25, 0.3) is 0 Å². The van der Waals surface area contributed by atoms with Crippen LogP contribution >= 0.6 is 0 Å². The Morgan fingerprint density at radius 1 is 1.00 bits per heavy atom. The summed E-state index contributed by atoms with van der Waals surface area (Å²) in [5, 5.41) is 0. The van der Waals surface area contributed by atoms with Crippen LogP contribution in [0.2, 0.25) is 0 Å². The van der Waals surface area contributed by atoms with Crippen molar-refractivity contribution in [3.63, 3.8) is 0 Å². The summed E-state index contributed by atoms with van der Waals surface area (Å²) in [4.78, 5) is 2.47. The molecule has 2 heteroatoms. The van der Waals surface area contributed by atoms with E-state index in [4.69, 9.17) is 5.73 Å². The normalized spacial score (nSPS) is 18.2. The first-order valence-electron chi connectivity index (χ1n) is 6.97. The van der Waals surface area contributed by atoms with Gasteiger partial charge in [0, 0.05) is 24.8 Å². The van der Waals surface area contributed by atoms with Gasteiger partial charge >= 0.3 is 0 Å². The lowest BCUT2D eigenvalue weighted by Gasteiger charge is -2.38. The van der Waals surface area contributed by atoms with E-state index in [1.807, 2.05) is 0 Å². The standard InChI is InChI=1S/C17H20N2/c18-12-16-11-10-15-8-4-5-9-17(15)19(16)13-14-6-2-1-3-7-14/h1-9,16H,10-13,18H2. The zero-order valence-corrected chi connectivity index (χ0v) is 11.1. The summed E-state index contributed by atoms with van der Waals surface area (Å²) >= 11 is 0. The quantitative estimate of drug-likeness (QED) is 0.910. The molecule has 0 radical (unpaired) electrons. The third kappa shape index (κ3) is 2.49. The Hall–Kier alpha value is -1.80. The molecule has 0 aliphatic carbocycles. The van der Waals surface area contributed by atoms with E-state index < -0.39 is 0 Å². The Labute approximate surface area is 114 Å². The average Bonchev–Trinajstić information content (AvgIpc) is 2.49. The molecule has 1 heterocycles. The summed E-state index contributed by atoms with van der Waals surface area (Å²) in [5.74, 6) is 0. The summed E-state index contributed by atoms with van der Waals surface area (Å²) in [6.07, 6.45) is 2.30. The fraction of sp³-hybridized carbons (Fsp3) is 0.294. The predicted octanol–water partition coefficient (Wildman–Crippen LogP) is 2.97. The number of benzene rings is 2. The molecule has 2 aromatic rings. The highest BCUT2D eigenvalue weighted by atomic mass is 15.2. The maximum absolute atomic E-state index is 5.96. The maximum atomic E-state index is 5.96. The molecule has 2 N–H and O–H groups in total. The first kappa shape index (κ1) is 12.2. The Kier molecular flexibility index (Phi) is 3.51. The van der Waals surface area contributed by atoms with E-state index in [0.29, 0.717) is 6.04 Å². The number of fused-ring (bicyclic) bond motifs is 1. The van der Waals surface area contributed by atoms with Crippen LogP contribution in [0, 0.1) is 0 Å². The molecule has 0 bridgehead atoms. The Bertz CT molecular complexity index is 536. The summed E-state index contributed by atoms with van der Waals surface area (Å²) in [7, 11) is 0. The van der Waals surface area contributed by atoms with E-state index in [-0.39, 0.29) is 0 Å². The lowest BCUT2D eigenvalue weighted by Crippen LogP contribution is -2.43. The lowest BCUT2D eigenvalue weighted by atomic mass is 9.95. The molecule has 0 fully saturated rings. The zero-order chi connectivity index (χ0) is 13.1. The van der Waals surface area contributed by atoms with Crippen molar-refractivity contribution in [2.45, 2.75) is 25.4 Å². The van der Waals surface area contributed by atoms with Crippen molar-refractivity contribution in [3.8, 4) is 0 Å². The molecule has 19 heavy (non-hydrogen) atoms. The number of aryl methyl sites for hydroxylation is 1. The smallest absolute Gasteiger partial charge is 0.0433 e. The minimum atomic E-state index is 0.454. The van der Waals surface area contributed by atoms with Gasteiger partial charge in [-0.25, -0.2) is 0 Å². The van der Waals surface area contributed by atoms with Gasteiger partial charge in [0.15, 0.2) is 0 Å². The topological polar surface area (TPSA) is 29.3 Å². The van der Waals surface area contributed by atoms with Gasteiger partial charge in [-0.2, -0.15) is 0 Å². The number of nitrogens with zero attached hydrogens (tertiary/aromatic N) is 1. The van der Waals surface area contributed by atoms with E-state index in [0.717, 1.165) is 25.9 Å². The van der Waals surface area contributed by atoms with E-state index in [2.05, 4.69) is 59.5 Å². The zero-order valence-electron chi connectivity index (χ0n) is 11.1. The molecular formula is C17H20N2. The fourth-order valence-corrected chi connectivity index (χ4v) is 2.92. The van der Waals surface area contributed by atoms with Gasteiger partial charge in [0.2, 0.25) is 0 Å². The molecule has 2 aromatic carbocycles. The van der Waals surface area contributed by atoms with Crippen molar-refractivity contribution >= 4 is 5.69 Å². The van der Waals surface area contributed by atoms with Gasteiger partial charge in [-0.15, -0.1) is 0 Å². The first-order chi connectivity index (χ1) is 9.38. The predicted molar refractivity (Wildman–Crippen MR) is 80.2 cm³/mol. The minimum Gasteiger partial charge on any atom is -0.363 e. The first-order valence-corrected chi connectivity index (χ1v) is 6.97. The Morgan fingerprint density at radius 2 is 1.74 bits per heavy atom. The molecule has 1 aliphatic rings. The number of nitrogens with two attached hydrogens (primary N) is 1. The second kappa shape index (κ2) is 5.45. The molecule has 3 rings (SSSR count). The van der Waals surface area contributed by atoms with Crippen molar-refractivity contribution in [1.82, 2.24) is 0 Å². The van der Waals surface area contributed by atoms with Gasteiger partial charge in [0.25, 0.3) is 0 Å². The molecule has 0 aromatic heterocycles. The minimum absolute atomic E-state index is 0.454. The third-order valence-corrected chi connectivity index (χ3v) is 3.96. The van der Waals surface area contributed by atoms with Crippen molar-refractivity contribution < 1.29 is 0 Å². The van der Waals surface area contributed by atoms with Crippen molar-refractivity contribution in [2.75, 3.05) is 11.4 Å². The molecule has 2 nitrogen and oxygen atoms in total. The van der Waals surface area contributed by atoms with Gasteiger partial charge in [-0.05, 0) is 30.0 Å². The molecule has 1 atom stereocenters. The molecule has 98 valence electrons. The molecule has 0 amide bonds. The maximum Gasteiger partial charge on any atom is 0.0433 e. The van der Waals surface area contributed by atoms with Crippen LogP contribution in [0.15, 0.2) is 54.6 Å². The van der Waals surface area contributed by atoms with Crippen molar-refractivity contribution in [2.24, 2.45) is 5.73 Å². The van der Waals surface area contributed by atoms with Gasteiger partial charge in [0.1, 0.15) is 0 Å². The van der Waals surface area contributed by atoms with Gasteiger partial charge in [0.05, 0.1) is 0 Å². The van der Waals surface area contributed by atoms with Crippen LogP contribution in [0.4, 0.5) is 5.69 Å². The Balaban J connectivity index is 1.92.